The van der Waals surface area contributed by atoms with Crippen molar-refractivity contribution in [3.05, 3.63) is 60.7 Å². The summed E-state index contributed by atoms with van der Waals surface area (Å²) in [5.41, 5.74) is 0. The molecule has 0 aliphatic carbocycles. The van der Waals surface area contributed by atoms with Gasteiger partial charge in [-0.3, -0.25) is 0 Å². The molecule has 3 nitrogen and oxygen atoms in total. The van der Waals surface area contributed by atoms with Gasteiger partial charge in [-0.1, -0.05) is 60.7 Å². The van der Waals surface area contributed by atoms with Crippen molar-refractivity contribution in [2.24, 2.45) is 0 Å². The SMILES string of the molecule is C[C@@H]1CCO[C@@H](P(=O)(c2ccccc2)c2ccccc2)O1. The van der Waals surface area contributed by atoms with Gasteiger partial charge in [0.25, 0.3) is 0 Å². The molecule has 2 aromatic carbocycles. The van der Waals surface area contributed by atoms with Crippen LogP contribution in [0.1, 0.15) is 13.3 Å². The quantitative estimate of drug-likeness (QED) is 0.817. The number of benzene rings is 2. The van der Waals surface area contributed by atoms with E-state index in [-0.39, 0.29) is 6.10 Å². The van der Waals surface area contributed by atoms with Crippen molar-refractivity contribution in [1.29, 1.82) is 0 Å². The number of rotatable bonds is 3. The molecule has 0 saturated carbocycles. The number of hydrogen-bond acceptors (Lipinski definition) is 3. The summed E-state index contributed by atoms with van der Waals surface area (Å²) in [6.45, 7) is 2.57. The third kappa shape index (κ3) is 2.82. The molecule has 0 spiro atoms. The Morgan fingerprint density at radius 1 is 0.952 bits per heavy atom. The standard InChI is InChI=1S/C17H19O3P/c1-14-12-13-19-17(20-14)21(18,15-8-4-2-5-9-15)16-10-6-3-7-11-16/h2-11,14,17H,12-13H2,1H3/t14-,17-/m1/s1. The van der Waals surface area contributed by atoms with Crippen LogP contribution < -0.4 is 10.6 Å². The largest absolute Gasteiger partial charge is 0.346 e. The van der Waals surface area contributed by atoms with Gasteiger partial charge in [0.1, 0.15) is 0 Å². The molecule has 1 aliphatic heterocycles. The third-order valence-electron chi connectivity index (χ3n) is 3.71. The fraction of sp³-hybridized carbons (Fsp3) is 0.294. The lowest BCUT2D eigenvalue weighted by atomic mass is 10.3. The molecule has 0 N–H and O–H groups in total. The van der Waals surface area contributed by atoms with Crippen molar-refractivity contribution in [2.45, 2.75) is 25.5 Å². The predicted octanol–water partition coefficient (Wildman–Crippen LogP) is 3.11. The van der Waals surface area contributed by atoms with Crippen LogP contribution in [0.2, 0.25) is 0 Å². The van der Waals surface area contributed by atoms with Gasteiger partial charge in [-0.25, -0.2) is 0 Å². The van der Waals surface area contributed by atoms with E-state index >= 15 is 0 Å². The molecule has 110 valence electrons. The molecule has 1 heterocycles. The molecular weight excluding hydrogens is 283 g/mol. The van der Waals surface area contributed by atoms with E-state index in [0.717, 1.165) is 17.0 Å². The lowest BCUT2D eigenvalue weighted by molar-refractivity contribution is -0.161. The highest BCUT2D eigenvalue weighted by atomic mass is 31.2. The second kappa shape index (κ2) is 6.15. The molecule has 3 rings (SSSR count). The summed E-state index contributed by atoms with van der Waals surface area (Å²) in [6.07, 6.45) is 0.893. The fourth-order valence-electron chi connectivity index (χ4n) is 2.52. The van der Waals surface area contributed by atoms with Crippen molar-refractivity contribution in [3.63, 3.8) is 0 Å². The van der Waals surface area contributed by atoms with E-state index in [2.05, 4.69) is 0 Å². The van der Waals surface area contributed by atoms with Crippen LogP contribution in [-0.2, 0) is 14.0 Å². The van der Waals surface area contributed by atoms with Gasteiger partial charge in [0.05, 0.1) is 12.7 Å². The average Bonchev–Trinajstić information content (AvgIpc) is 2.56. The zero-order valence-electron chi connectivity index (χ0n) is 12.0. The Morgan fingerprint density at radius 3 is 1.95 bits per heavy atom. The van der Waals surface area contributed by atoms with Gasteiger partial charge >= 0.3 is 0 Å². The van der Waals surface area contributed by atoms with Gasteiger partial charge in [-0.05, 0) is 13.3 Å². The molecule has 0 bridgehead atoms. The second-order valence-corrected chi connectivity index (χ2v) is 8.01. The topological polar surface area (TPSA) is 35.5 Å². The summed E-state index contributed by atoms with van der Waals surface area (Å²) in [5.74, 6) is 0. The van der Waals surface area contributed by atoms with Crippen LogP contribution in [-0.4, -0.2) is 18.7 Å². The molecule has 1 fully saturated rings. The Kier molecular flexibility index (Phi) is 4.25. The average molecular weight is 302 g/mol. The van der Waals surface area contributed by atoms with Crippen molar-refractivity contribution in [3.8, 4) is 0 Å². The normalized spacial score (nSPS) is 22.9. The van der Waals surface area contributed by atoms with Crippen LogP contribution in [0.4, 0.5) is 0 Å². The number of hydrogen-bond donors (Lipinski definition) is 0. The van der Waals surface area contributed by atoms with Crippen molar-refractivity contribution >= 4 is 17.8 Å². The zero-order chi connectivity index (χ0) is 14.7. The van der Waals surface area contributed by atoms with Gasteiger partial charge in [0.15, 0.2) is 7.14 Å². The molecule has 0 radical (unpaired) electrons. The van der Waals surface area contributed by atoms with E-state index in [4.69, 9.17) is 9.47 Å². The Hall–Kier alpha value is -1.41. The smallest absolute Gasteiger partial charge is 0.219 e. The minimum absolute atomic E-state index is 0.0597. The summed E-state index contributed by atoms with van der Waals surface area (Å²) in [4.78, 5) is 0. The van der Waals surface area contributed by atoms with Crippen LogP contribution in [0.5, 0.6) is 0 Å². The summed E-state index contributed by atoms with van der Waals surface area (Å²) in [7, 11) is -2.98. The van der Waals surface area contributed by atoms with Crippen LogP contribution in [0.3, 0.4) is 0 Å². The first-order valence-corrected chi connectivity index (χ1v) is 8.97. The first-order chi connectivity index (χ1) is 10.2. The van der Waals surface area contributed by atoms with Crippen molar-refractivity contribution < 1.29 is 14.0 Å². The molecule has 0 amide bonds. The van der Waals surface area contributed by atoms with E-state index in [1.807, 2.05) is 67.6 Å². The van der Waals surface area contributed by atoms with Crippen molar-refractivity contribution in [1.82, 2.24) is 0 Å². The third-order valence-corrected chi connectivity index (χ3v) is 6.71. The molecule has 0 unspecified atom stereocenters. The summed E-state index contributed by atoms with van der Waals surface area (Å²) in [6, 6.07) is 18.3. The minimum atomic E-state index is -2.98. The summed E-state index contributed by atoms with van der Waals surface area (Å²) >= 11 is 0. The van der Waals surface area contributed by atoms with E-state index in [9.17, 15) is 4.57 Å². The maximum Gasteiger partial charge on any atom is 0.219 e. The van der Waals surface area contributed by atoms with Gasteiger partial charge < -0.3 is 14.0 Å². The lowest BCUT2D eigenvalue weighted by Gasteiger charge is -2.34. The Balaban J connectivity index is 2.09. The molecule has 1 aliphatic rings. The zero-order valence-corrected chi connectivity index (χ0v) is 12.9. The molecule has 2 aromatic rings. The molecule has 4 heteroatoms. The molecule has 0 aromatic heterocycles. The summed E-state index contributed by atoms with van der Waals surface area (Å²) < 4.78 is 25.5. The maximum atomic E-state index is 13.9. The van der Waals surface area contributed by atoms with Crippen LogP contribution in [0, 0.1) is 0 Å². The first-order valence-electron chi connectivity index (χ1n) is 7.19. The number of ether oxygens (including phenoxy) is 2. The van der Waals surface area contributed by atoms with Gasteiger partial charge in [-0.2, -0.15) is 0 Å². The Labute approximate surface area is 125 Å². The Bertz CT molecular complexity index is 583. The van der Waals surface area contributed by atoms with Gasteiger partial charge in [0.2, 0.25) is 6.03 Å². The van der Waals surface area contributed by atoms with Crippen LogP contribution in [0.15, 0.2) is 60.7 Å². The minimum Gasteiger partial charge on any atom is -0.346 e. The highest BCUT2D eigenvalue weighted by Gasteiger charge is 2.41. The van der Waals surface area contributed by atoms with E-state index in [1.54, 1.807) is 0 Å². The van der Waals surface area contributed by atoms with Crippen molar-refractivity contribution in [2.75, 3.05) is 6.61 Å². The van der Waals surface area contributed by atoms with Crippen LogP contribution >= 0.6 is 7.14 Å². The Morgan fingerprint density at radius 2 is 1.48 bits per heavy atom. The highest BCUT2D eigenvalue weighted by molar-refractivity contribution is 7.79. The maximum absolute atomic E-state index is 13.9. The van der Waals surface area contributed by atoms with Gasteiger partial charge in [-0.15, -0.1) is 0 Å². The van der Waals surface area contributed by atoms with E-state index in [1.165, 1.54) is 0 Å². The molecule has 2 atom stereocenters. The first kappa shape index (κ1) is 14.5. The van der Waals surface area contributed by atoms with E-state index in [0.29, 0.717) is 6.61 Å². The van der Waals surface area contributed by atoms with Crippen LogP contribution in [0.25, 0.3) is 0 Å². The van der Waals surface area contributed by atoms with E-state index < -0.39 is 13.2 Å². The monoisotopic (exact) mass is 302 g/mol. The molecule has 21 heavy (non-hydrogen) atoms. The highest BCUT2D eigenvalue weighted by Crippen LogP contribution is 2.51. The summed E-state index contributed by atoms with van der Waals surface area (Å²) in [5, 5.41) is 1.55. The molecule has 1 saturated heterocycles. The lowest BCUT2D eigenvalue weighted by Crippen LogP contribution is -2.36. The predicted molar refractivity (Wildman–Crippen MR) is 84.7 cm³/mol. The second-order valence-electron chi connectivity index (χ2n) is 5.24. The fourth-order valence-corrected chi connectivity index (χ4v) is 5.23. The molecular formula is C17H19O3P. The van der Waals surface area contributed by atoms with Gasteiger partial charge in [0, 0.05) is 10.6 Å².